The Kier molecular flexibility index (Phi) is 5.40. The van der Waals surface area contributed by atoms with Gasteiger partial charge in [-0.15, -0.1) is 10.2 Å². The third-order valence-corrected chi connectivity index (χ3v) is 5.76. The van der Waals surface area contributed by atoms with Gasteiger partial charge in [-0.1, -0.05) is 12.1 Å². The van der Waals surface area contributed by atoms with E-state index in [0.29, 0.717) is 53.6 Å². The number of hydrogen-bond donors (Lipinski definition) is 3. The van der Waals surface area contributed by atoms with E-state index >= 15 is 0 Å². The van der Waals surface area contributed by atoms with Gasteiger partial charge in [0.2, 0.25) is 29.5 Å². The van der Waals surface area contributed by atoms with Crippen LogP contribution in [0.5, 0.6) is 11.8 Å². The van der Waals surface area contributed by atoms with Crippen molar-refractivity contribution >= 4 is 29.4 Å². The summed E-state index contributed by atoms with van der Waals surface area (Å²) in [6, 6.07) is 14.5. The summed E-state index contributed by atoms with van der Waals surface area (Å²) >= 11 is 0. The Hall–Kier alpha value is -6.06. The van der Waals surface area contributed by atoms with E-state index in [1.807, 2.05) is 24.3 Å². The first kappa shape index (κ1) is 23.1. The molecule has 0 aliphatic heterocycles. The zero-order valence-electron chi connectivity index (χ0n) is 20.5. The first-order valence-electron chi connectivity index (χ1n) is 12.0. The van der Waals surface area contributed by atoms with E-state index in [0.717, 1.165) is 5.56 Å². The lowest BCUT2D eigenvalue weighted by Gasteiger charge is -2.08. The second-order valence-electron chi connectivity index (χ2n) is 8.44. The quantitative estimate of drug-likeness (QED) is 0.254. The Labute approximate surface area is 223 Å². The van der Waals surface area contributed by atoms with Gasteiger partial charge >= 0.3 is 6.01 Å². The molecule has 5 N–H and O–H groups in total. The fourth-order valence-electron chi connectivity index (χ4n) is 3.88. The minimum absolute atomic E-state index is 0.0478. The average Bonchev–Trinajstić information content (AvgIpc) is 3.76. The zero-order chi connectivity index (χ0) is 27.1. The molecule has 0 atom stereocenters. The van der Waals surface area contributed by atoms with Crippen LogP contribution in [0.2, 0.25) is 0 Å². The van der Waals surface area contributed by atoms with Crippen molar-refractivity contribution in [3.05, 3.63) is 66.6 Å². The maximum Gasteiger partial charge on any atom is 0.328 e. The van der Waals surface area contributed by atoms with Crippen molar-refractivity contribution in [2.75, 3.05) is 23.3 Å². The molecular formula is C24H19N13O3. The van der Waals surface area contributed by atoms with Crippen molar-refractivity contribution in [2.45, 2.75) is 6.42 Å². The van der Waals surface area contributed by atoms with Crippen molar-refractivity contribution in [3.8, 4) is 34.9 Å². The summed E-state index contributed by atoms with van der Waals surface area (Å²) in [5, 5.41) is 11.7. The monoisotopic (exact) mass is 537 g/mol. The maximum absolute atomic E-state index is 6.04. The molecule has 7 rings (SSSR count). The SMILES string of the molecule is Nc1nc(NCCc2ccc(Oc3nc(N)n4nc(-c5ccco5)nc4n3)cc2)nc2nc(-c3ccco3)nn12. The van der Waals surface area contributed by atoms with Gasteiger partial charge < -0.3 is 30.4 Å². The van der Waals surface area contributed by atoms with E-state index in [1.165, 1.54) is 15.3 Å². The fraction of sp³-hybridized carbons (Fsp3) is 0.0833. The van der Waals surface area contributed by atoms with Gasteiger partial charge in [0, 0.05) is 6.54 Å². The second kappa shape index (κ2) is 9.35. The van der Waals surface area contributed by atoms with Gasteiger partial charge in [-0.25, -0.2) is 0 Å². The van der Waals surface area contributed by atoms with Gasteiger partial charge in [0.25, 0.3) is 11.6 Å². The van der Waals surface area contributed by atoms with Crippen molar-refractivity contribution < 1.29 is 13.6 Å². The van der Waals surface area contributed by atoms with Crippen LogP contribution in [-0.2, 0) is 6.42 Å². The molecule has 40 heavy (non-hydrogen) atoms. The summed E-state index contributed by atoms with van der Waals surface area (Å²) in [6.07, 6.45) is 3.76. The molecule has 16 nitrogen and oxygen atoms in total. The Morgan fingerprint density at radius 2 is 1.35 bits per heavy atom. The molecule has 7 aromatic rings. The number of furan rings is 2. The maximum atomic E-state index is 6.04. The van der Waals surface area contributed by atoms with E-state index in [-0.39, 0.29) is 23.7 Å². The van der Waals surface area contributed by atoms with Crippen LogP contribution in [0.4, 0.5) is 17.8 Å². The highest BCUT2D eigenvalue weighted by Gasteiger charge is 2.16. The smallest absolute Gasteiger partial charge is 0.328 e. The molecule has 0 aliphatic rings. The molecule has 0 aliphatic carbocycles. The summed E-state index contributed by atoms with van der Waals surface area (Å²) in [5.74, 6) is 3.39. The van der Waals surface area contributed by atoms with Crippen LogP contribution < -0.4 is 21.5 Å². The van der Waals surface area contributed by atoms with E-state index in [2.05, 4.69) is 45.4 Å². The number of rotatable bonds is 8. The lowest BCUT2D eigenvalue weighted by atomic mass is 10.1. The number of nitrogens with zero attached hydrogens (tertiary/aromatic N) is 10. The average molecular weight is 538 g/mol. The van der Waals surface area contributed by atoms with Crippen LogP contribution in [0.15, 0.2) is 69.9 Å². The minimum atomic E-state index is 0.0478. The van der Waals surface area contributed by atoms with Crippen molar-refractivity contribution in [3.63, 3.8) is 0 Å². The summed E-state index contributed by atoms with van der Waals surface area (Å²) < 4.78 is 19.1. The van der Waals surface area contributed by atoms with Crippen LogP contribution in [0.3, 0.4) is 0 Å². The topological polar surface area (TPSA) is 212 Å². The van der Waals surface area contributed by atoms with Gasteiger partial charge in [-0.2, -0.15) is 38.9 Å². The van der Waals surface area contributed by atoms with Crippen LogP contribution in [0.25, 0.3) is 34.7 Å². The van der Waals surface area contributed by atoms with Crippen LogP contribution in [0.1, 0.15) is 5.56 Å². The largest absolute Gasteiger partial charge is 0.461 e. The van der Waals surface area contributed by atoms with Gasteiger partial charge in [0.15, 0.2) is 11.5 Å². The summed E-state index contributed by atoms with van der Waals surface area (Å²) in [7, 11) is 0. The molecule has 6 aromatic heterocycles. The molecule has 0 fully saturated rings. The van der Waals surface area contributed by atoms with Crippen LogP contribution >= 0.6 is 0 Å². The van der Waals surface area contributed by atoms with Gasteiger partial charge in [0.1, 0.15) is 5.75 Å². The number of nitrogens with one attached hydrogen (secondary N) is 1. The Morgan fingerprint density at radius 3 is 1.98 bits per heavy atom. The number of ether oxygens (including phenoxy) is 1. The number of aromatic nitrogens is 10. The molecule has 0 bridgehead atoms. The normalized spacial score (nSPS) is 11.4. The molecule has 0 spiro atoms. The number of anilines is 3. The van der Waals surface area contributed by atoms with Crippen molar-refractivity contribution in [2.24, 2.45) is 0 Å². The highest BCUT2D eigenvalue weighted by Crippen LogP contribution is 2.22. The van der Waals surface area contributed by atoms with E-state index in [9.17, 15) is 0 Å². The number of hydrogen-bond acceptors (Lipinski definition) is 14. The Morgan fingerprint density at radius 1 is 0.725 bits per heavy atom. The zero-order valence-corrected chi connectivity index (χ0v) is 20.5. The molecular weight excluding hydrogens is 518 g/mol. The minimum Gasteiger partial charge on any atom is -0.461 e. The molecule has 6 heterocycles. The Balaban J connectivity index is 0.996. The first-order valence-corrected chi connectivity index (χ1v) is 12.0. The van der Waals surface area contributed by atoms with E-state index < -0.39 is 0 Å². The predicted molar refractivity (Wildman–Crippen MR) is 140 cm³/mol. The van der Waals surface area contributed by atoms with Gasteiger partial charge in [0.05, 0.1) is 12.5 Å². The van der Waals surface area contributed by atoms with Crippen molar-refractivity contribution in [1.29, 1.82) is 0 Å². The van der Waals surface area contributed by atoms with Crippen LogP contribution in [0, 0.1) is 0 Å². The van der Waals surface area contributed by atoms with Gasteiger partial charge in [-0.3, -0.25) is 0 Å². The highest BCUT2D eigenvalue weighted by atomic mass is 16.5. The molecule has 198 valence electrons. The number of fused-ring (bicyclic) bond motifs is 2. The number of nitrogen functional groups attached to an aromatic ring is 2. The van der Waals surface area contributed by atoms with E-state index in [4.69, 9.17) is 25.0 Å². The molecule has 0 saturated heterocycles. The molecule has 1 aromatic carbocycles. The fourth-order valence-corrected chi connectivity index (χ4v) is 3.88. The predicted octanol–water partition coefficient (Wildman–Crippen LogP) is 2.48. The molecule has 0 unspecified atom stereocenters. The molecule has 0 amide bonds. The summed E-state index contributed by atoms with van der Waals surface area (Å²) in [4.78, 5) is 25.8. The Bertz CT molecular complexity index is 1930. The van der Waals surface area contributed by atoms with Crippen molar-refractivity contribution in [1.82, 2.24) is 49.1 Å². The lowest BCUT2D eigenvalue weighted by Crippen LogP contribution is -2.12. The van der Waals surface area contributed by atoms with E-state index in [1.54, 1.807) is 30.5 Å². The van der Waals surface area contributed by atoms with Crippen LogP contribution in [-0.4, -0.2) is 55.7 Å². The molecule has 0 radical (unpaired) electrons. The van der Waals surface area contributed by atoms with Gasteiger partial charge in [-0.05, 0) is 48.4 Å². The third-order valence-electron chi connectivity index (χ3n) is 5.76. The molecule has 0 saturated carbocycles. The standard InChI is InChI=1S/C24H19N13O3/c25-19-30-21(32-22-28-17(34-36(19)22)15-3-1-11-38-15)27-10-9-13-5-7-14(8-6-13)40-24-31-20(26)37-23(33-24)29-18(35-37)16-4-2-12-39-16/h1-8,11-12H,9-10H2,(H2,26,29,31,33,35)(H3,25,27,28,30,32,34). The lowest BCUT2D eigenvalue weighted by molar-refractivity contribution is 0.441. The first-order chi connectivity index (χ1) is 19.6. The number of benzene rings is 1. The number of nitrogens with two attached hydrogens (primary N) is 2. The second-order valence-corrected chi connectivity index (χ2v) is 8.44. The highest BCUT2D eigenvalue weighted by molar-refractivity contribution is 5.53. The summed E-state index contributed by atoms with van der Waals surface area (Å²) in [6.45, 7) is 0.552. The molecule has 16 heteroatoms. The summed E-state index contributed by atoms with van der Waals surface area (Å²) in [5.41, 5.74) is 13.1. The third kappa shape index (κ3) is 4.34.